The third-order valence-electron chi connectivity index (χ3n) is 2.19. The summed E-state index contributed by atoms with van der Waals surface area (Å²) in [6.45, 7) is 2.22. The summed E-state index contributed by atoms with van der Waals surface area (Å²) >= 11 is 3.12. The van der Waals surface area contributed by atoms with Crippen molar-refractivity contribution in [2.75, 3.05) is 11.9 Å². The van der Waals surface area contributed by atoms with Gasteiger partial charge < -0.3 is 4.74 Å². The zero-order valence-electron chi connectivity index (χ0n) is 9.38. The molecular weight excluding hydrogens is 294 g/mol. The highest BCUT2D eigenvalue weighted by molar-refractivity contribution is 9.09. The first-order valence-electron chi connectivity index (χ1n) is 5.24. The summed E-state index contributed by atoms with van der Waals surface area (Å²) in [5.41, 5.74) is -0.190. The maximum atomic E-state index is 12.7. The molecule has 0 fully saturated rings. The van der Waals surface area contributed by atoms with E-state index in [1.807, 2.05) is 0 Å². The van der Waals surface area contributed by atoms with Crippen LogP contribution in [0.25, 0.3) is 0 Å². The molecule has 0 spiro atoms. The number of carbonyl (C=O) groups excluding carboxylic acids is 1. The molecule has 0 radical (unpaired) electrons. The molecule has 0 N–H and O–H groups in total. The Morgan fingerprint density at radius 2 is 2.18 bits per heavy atom. The van der Waals surface area contributed by atoms with E-state index in [0.29, 0.717) is 17.7 Å². The van der Waals surface area contributed by atoms with Crippen LogP contribution in [0.1, 0.15) is 35.7 Å². The molecule has 0 unspecified atom stereocenters. The normalized spacial score (nSPS) is 10.6. The van der Waals surface area contributed by atoms with Gasteiger partial charge in [-0.15, -0.1) is 0 Å². The number of halogens is 3. The fraction of sp³-hybridized carbons (Fsp3) is 0.417. The maximum Gasteiger partial charge on any atom is 0.264 e. The van der Waals surface area contributed by atoms with Crippen LogP contribution >= 0.6 is 15.9 Å². The van der Waals surface area contributed by atoms with Crippen molar-refractivity contribution >= 4 is 21.7 Å². The van der Waals surface area contributed by atoms with E-state index in [4.69, 9.17) is 4.74 Å². The number of Topliss-reactive ketones (excluding diaryl/α,β-unsaturated/α-hetero) is 1. The van der Waals surface area contributed by atoms with Crippen molar-refractivity contribution in [1.29, 1.82) is 0 Å². The lowest BCUT2D eigenvalue weighted by molar-refractivity contribution is 0.0975. The smallest absolute Gasteiger partial charge is 0.264 e. The van der Waals surface area contributed by atoms with Gasteiger partial charge in [-0.3, -0.25) is 4.79 Å². The van der Waals surface area contributed by atoms with Crippen molar-refractivity contribution in [1.82, 2.24) is 0 Å². The maximum absolute atomic E-state index is 12.7. The van der Waals surface area contributed by atoms with Gasteiger partial charge >= 0.3 is 0 Å². The molecule has 17 heavy (non-hydrogen) atoms. The summed E-state index contributed by atoms with van der Waals surface area (Å²) < 4.78 is 30.7. The molecule has 0 aliphatic rings. The Morgan fingerprint density at radius 1 is 1.47 bits per heavy atom. The molecule has 2 nitrogen and oxygen atoms in total. The van der Waals surface area contributed by atoms with E-state index in [1.165, 1.54) is 18.2 Å². The minimum atomic E-state index is -2.65. The van der Waals surface area contributed by atoms with Crippen LogP contribution in [0.15, 0.2) is 18.2 Å². The molecular formula is C12H13BrF2O2. The van der Waals surface area contributed by atoms with Crippen molar-refractivity contribution in [2.24, 2.45) is 0 Å². The summed E-state index contributed by atoms with van der Waals surface area (Å²) in [6.07, 6.45) is -2.46. The Kier molecular flexibility index (Phi) is 5.55. The predicted molar refractivity (Wildman–Crippen MR) is 65.3 cm³/mol. The molecule has 1 aromatic rings. The second-order valence-corrected chi connectivity index (χ2v) is 4.14. The largest absolute Gasteiger partial charge is 0.494 e. The SMILES string of the molecule is CCOc1ccc(C(F)F)c(C(=O)CCBr)c1. The average molecular weight is 307 g/mol. The summed E-state index contributed by atoms with van der Waals surface area (Å²) in [7, 11) is 0. The first-order valence-corrected chi connectivity index (χ1v) is 6.36. The summed E-state index contributed by atoms with van der Waals surface area (Å²) in [5.74, 6) is 0.133. The van der Waals surface area contributed by atoms with E-state index in [0.717, 1.165) is 0 Å². The zero-order valence-corrected chi connectivity index (χ0v) is 11.0. The molecule has 1 aromatic carbocycles. The number of hydrogen-bond acceptors (Lipinski definition) is 2. The second-order valence-electron chi connectivity index (χ2n) is 3.34. The standard InChI is InChI=1S/C12H13BrF2O2/c1-2-17-8-3-4-9(12(14)15)10(7-8)11(16)5-6-13/h3-4,7,12H,2,5-6H2,1H3. The highest BCUT2D eigenvalue weighted by Gasteiger charge is 2.18. The van der Waals surface area contributed by atoms with Crippen LogP contribution in [0.5, 0.6) is 5.75 Å². The van der Waals surface area contributed by atoms with Gasteiger partial charge in [-0.2, -0.15) is 0 Å². The van der Waals surface area contributed by atoms with Crippen molar-refractivity contribution in [3.05, 3.63) is 29.3 Å². The fourth-order valence-electron chi connectivity index (χ4n) is 1.44. The van der Waals surface area contributed by atoms with Crippen molar-refractivity contribution in [2.45, 2.75) is 19.8 Å². The van der Waals surface area contributed by atoms with E-state index < -0.39 is 6.43 Å². The summed E-state index contributed by atoms with van der Waals surface area (Å²) in [6, 6.07) is 4.09. The Labute approximate surface area is 107 Å². The number of ether oxygens (including phenoxy) is 1. The van der Waals surface area contributed by atoms with Crippen molar-refractivity contribution in [3.63, 3.8) is 0 Å². The lowest BCUT2D eigenvalue weighted by Gasteiger charge is -2.10. The monoisotopic (exact) mass is 306 g/mol. The molecule has 94 valence electrons. The molecule has 0 aliphatic heterocycles. The number of carbonyl (C=O) groups is 1. The molecule has 0 aliphatic carbocycles. The van der Waals surface area contributed by atoms with Gasteiger partial charge in [0.25, 0.3) is 6.43 Å². The number of hydrogen-bond donors (Lipinski definition) is 0. The lowest BCUT2D eigenvalue weighted by Crippen LogP contribution is -2.06. The minimum absolute atomic E-state index is 0.0467. The molecule has 0 saturated heterocycles. The predicted octanol–water partition coefficient (Wildman–Crippen LogP) is 3.99. The zero-order chi connectivity index (χ0) is 12.8. The molecule has 0 aromatic heterocycles. The van der Waals surface area contributed by atoms with Gasteiger partial charge in [0.1, 0.15) is 5.75 Å². The van der Waals surface area contributed by atoms with Crippen LogP contribution in [-0.4, -0.2) is 17.7 Å². The van der Waals surface area contributed by atoms with Crippen LogP contribution in [0.4, 0.5) is 8.78 Å². The Bertz CT molecular complexity index is 394. The molecule has 0 atom stereocenters. The van der Waals surface area contributed by atoms with Gasteiger partial charge in [0.05, 0.1) is 6.61 Å². The Hall–Kier alpha value is -0.970. The van der Waals surface area contributed by atoms with Gasteiger partial charge in [0, 0.05) is 22.9 Å². The molecule has 0 heterocycles. The molecule has 5 heteroatoms. The van der Waals surface area contributed by atoms with E-state index >= 15 is 0 Å². The highest BCUT2D eigenvalue weighted by atomic mass is 79.9. The third kappa shape index (κ3) is 3.77. The highest BCUT2D eigenvalue weighted by Crippen LogP contribution is 2.27. The molecule has 0 bridgehead atoms. The number of ketones is 1. The molecule has 0 amide bonds. The van der Waals surface area contributed by atoms with E-state index in [-0.39, 0.29) is 23.3 Å². The van der Waals surface area contributed by atoms with E-state index in [1.54, 1.807) is 6.92 Å². The van der Waals surface area contributed by atoms with Crippen molar-refractivity contribution in [3.8, 4) is 5.75 Å². The average Bonchev–Trinajstić information content (AvgIpc) is 2.29. The first-order chi connectivity index (χ1) is 8.10. The summed E-state index contributed by atoms with van der Waals surface area (Å²) in [5, 5.41) is 0.452. The van der Waals surface area contributed by atoms with Gasteiger partial charge in [-0.25, -0.2) is 8.78 Å². The number of alkyl halides is 3. The number of rotatable bonds is 6. The second kappa shape index (κ2) is 6.69. The third-order valence-corrected chi connectivity index (χ3v) is 2.59. The van der Waals surface area contributed by atoms with Gasteiger partial charge in [-0.05, 0) is 25.1 Å². The topological polar surface area (TPSA) is 26.3 Å². The van der Waals surface area contributed by atoms with Crippen LogP contribution < -0.4 is 4.74 Å². The lowest BCUT2D eigenvalue weighted by atomic mass is 10.0. The van der Waals surface area contributed by atoms with Gasteiger partial charge in [0.15, 0.2) is 5.78 Å². The van der Waals surface area contributed by atoms with Crippen LogP contribution in [-0.2, 0) is 0 Å². The summed E-state index contributed by atoms with van der Waals surface area (Å²) in [4.78, 5) is 11.7. The van der Waals surface area contributed by atoms with Crippen LogP contribution in [0.3, 0.4) is 0 Å². The van der Waals surface area contributed by atoms with Crippen LogP contribution in [0, 0.1) is 0 Å². The first kappa shape index (κ1) is 14.1. The van der Waals surface area contributed by atoms with Crippen LogP contribution in [0.2, 0.25) is 0 Å². The van der Waals surface area contributed by atoms with Gasteiger partial charge in [-0.1, -0.05) is 15.9 Å². The number of benzene rings is 1. The minimum Gasteiger partial charge on any atom is -0.494 e. The molecule has 1 rings (SSSR count). The Morgan fingerprint density at radius 3 is 2.71 bits per heavy atom. The fourth-order valence-corrected chi connectivity index (χ4v) is 1.80. The van der Waals surface area contributed by atoms with E-state index in [9.17, 15) is 13.6 Å². The van der Waals surface area contributed by atoms with Gasteiger partial charge in [0.2, 0.25) is 0 Å². The van der Waals surface area contributed by atoms with Crippen molar-refractivity contribution < 1.29 is 18.3 Å². The van der Waals surface area contributed by atoms with E-state index in [2.05, 4.69) is 15.9 Å². The molecule has 0 saturated carbocycles. The quantitative estimate of drug-likeness (QED) is 0.587. The Balaban J connectivity index is 3.10.